The quantitative estimate of drug-likeness (QED) is 0.876. The van der Waals surface area contributed by atoms with E-state index in [9.17, 15) is 5.11 Å². The minimum absolute atomic E-state index is 0.0893. The fourth-order valence-electron chi connectivity index (χ4n) is 2.00. The van der Waals surface area contributed by atoms with Crippen LogP contribution < -0.4 is 4.74 Å². The second kappa shape index (κ2) is 6.55. The van der Waals surface area contributed by atoms with Gasteiger partial charge in [0.05, 0.1) is 7.11 Å². The summed E-state index contributed by atoms with van der Waals surface area (Å²) in [5.41, 5.74) is 1.05. The van der Waals surface area contributed by atoms with Crippen LogP contribution >= 0.6 is 15.9 Å². The van der Waals surface area contributed by atoms with Crippen LogP contribution in [-0.2, 0) is 6.54 Å². The van der Waals surface area contributed by atoms with E-state index in [2.05, 4.69) is 47.8 Å². The van der Waals surface area contributed by atoms with Crippen molar-refractivity contribution >= 4 is 15.9 Å². The van der Waals surface area contributed by atoms with Crippen molar-refractivity contribution in [3.8, 4) is 5.75 Å². The first kappa shape index (κ1) is 15.5. The molecule has 4 heteroatoms. The molecule has 0 aliphatic rings. The van der Waals surface area contributed by atoms with Crippen molar-refractivity contribution in [3.05, 3.63) is 28.2 Å². The van der Waals surface area contributed by atoms with Crippen LogP contribution in [0.3, 0.4) is 0 Å². The highest BCUT2D eigenvalue weighted by Crippen LogP contribution is 2.25. The van der Waals surface area contributed by atoms with Gasteiger partial charge in [-0.05, 0) is 25.2 Å². The van der Waals surface area contributed by atoms with Crippen LogP contribution in [0.2, 0.25) is 0 Å². The average molecular weight is 316 g/mol. The normalized spacial score (nSPS) is 11.9. The van der Waals surface area contributed by atoms with E-state index < -0.39 is 0 Å². The summed E-state index contributed by atoms with van der Waals surface area (Å²) in [6.07, 6.45) is 0. The molecule has 0 saturated heterocycles. The number of aliphatic hydroxyl groups is 1. The Hall–Kier alpha value is -0.580. The maximum atomic E-state index is 9.30. The third-order valence-electron chi connectivity index (χ3n) is 2.81. The number of hydrogen-bond donors (Lipinski definition) is 1. The lowest BCUT2D eigenvalue weighted by Crippen LogP contribution is -2.33. The Morgan fingerprint density at radius 2 is 2.06 bits per heavy atom. The van der Waals surface area contributed by atoms with E-state index in [1.54, 1.807) is 7.11 Å². The van der Waals surface area contributed by atoms with E-state index in [1.807, 2.05) is 12.1 Å². The molecular formula is C14H22BrNO2. The van der Waals surface area contributed by atoms with Gasteiger partial charge in [0.25, 0.3) is 0 Å². The molecule has 102 valence electrons. The molecule has 0 bridgehead atoms. The summed E-state index contributed by atoms with van der Waals surface area (Å²) in [6, 6.07) is 6.01. The first-order valence-corrected chi connectivity index (χ1v) is 6.79. The highest BCUT2D eigenvalue weighted by atomic mass is 79.9. The number of benzene rings is 1. The first-order chi connectivity index (χ1) is 8.38. The second-order valence-electron chi connectivity index (χ2n) is 5.45. The van der Waals surface area contributed by atoms with Crippen molar-refractivity contribution in [2.45, 2.75) is 20.4 Å². The Labute approximate surface area is 118 Å². The molecule has 1 aromatic rings. The summed E-state index contributed by atoms with van der Waals surface area (Å²) >= 11 is 3.48. The lowest BCUT2D eigenvalue weighted by molar-refractivity contribution is 0.112. The Bertz CT molecular complexity index is 393. The van der Waals surface area contributed by atoms with Gasteiger partial charge >= 0.3 is 0 Å². The monoisotopic (exact) mass is 315 g/mol. The Morgan fingerprint density at radius 1 is 1.39 bits per heavy atom. The molecule has 18 heavy (non-hydrogen) atoms. The molecule has 0 aliphatic carbocycles. The maximum absolute atomic E-state index is 9.30. The van der Waals surface area contributed by atoms with E-state index in [0.717, 1.165) is 28.9 Å². The number of aliphatic hydroxyl groups excluding tert-OH is 1. The van der Waals surface area contributed by atoms with Crippen molar-refractivity contribution in [2.24, 2.45) is 5.41 Å². The summed E-state index contributed by atoms with van der Waals surface area (Å²) in [6.45, 7) is 5.93. The van der Waals surface area contributed by atoms with Crippen molar-refractivity contribution in [1.29, 1.82) is 0 Å². The molecule has 1 N–H and O–H groups in total. The highest BCUT2D eigenvalue weighted by molar-refractivity contribution is 9.10. The van der Waals surface area contributed by atoms with Crippen LogP contribution in [0.25, 0.3) is 0 Å². The Morgan fingerprint density at radius 3 is 2.61 bits per heavy atom. The number of nitrogens with zero attached hydrogens (tertiary/aromatic N) is 1. The summed E-state index contributed by atoms with van der Waals surface area (Å²) in [4.78, 5) is 2.19. The molecule has 0 spiro atoms. The molecule has 0 radical (unpaired) electrons. The van der Waals surface area contributed by atoms with E-state index in [1.165, 1.54) is 0 Å². The van der Waals surface area contributed by atoms with Gasteiger partial charge in [-0.25, -0.2) is 0 Å². The zero-order valence-corrected chi connectivity index (χ0v) is 13.1. The van der Waals surface area contributed by atoms with Crippen molar-refractivity contribution in [3.63, 3.8) is 0 Å². The van der Waals surface area contributed by atoms with Crippen LogP contribution in [0.5, 0.6) is 5.75 Å². The minimum Gasteiger partial charge on any atom is -0.496 e. The molecule has 1 aromatic carbocycles. The lowest BCUT2D eigenvalue weighted by atomic mass is 9.94. The Balaban J connectivity index is 2.75. The molecule has 1 rings (SSSR count). The second-order valence-corrected chi connectivity index (χ2v) is 6.37. The summed E-state index contributed by atoms with van der Waals surface area (Å²) in [5.74, 6) is 0.895. The number of hydrogen-bond acceptors (Lipinski definition) is 3. The average Bonchev–Trinajstić information content (AvgIpc) is 2.28. The van der Waals surface area contributed by atoms with Crippen molar-refractivity contribution in [2.75, 3.05) is 27.3 Å². The summed E-state index contributed by atoms with van der Waals surface area (Å²) in [5, 5.41) is 9.30. The van der Waals surface area contributed by atoms with Gasteiger partial charge in [-0.15, -0.1) is 0 Å². The van der Waals surface area contributed by atoms with Gasteiger partial charge in [-0.3, -0.25) is 0 Å². The van der Waals surface area contributed by atoms with Gasteiger partial charge in [0.15, 0.2) is 0 Å². The van der Waals surface area contributed by atoms with Crippen LogP contribution in [0, 0.1) is 5.41 Å². The molecule has 0 aliphatic heterocycles. The smallest absolute Gasteiger partial charge is 0.123 e. The third kappa shape index (κ3) is 4.59. The molecule has 0 atom stereocenters. The van der Waals surface area contributed by atoms with Gasteiger partial charge in [-0.2, -0.15) is 0 Å². The van der Waals surface area contributed by atoms with Crippen LogP contribution in [0.1, 0.15) is 19.4 Å². The van der Waals surface area contributed by atoms with Gasteiger partial charge < -0.3 is 14.7 Å². The van der Waals surface area contributed by atoms with E-state index in [0.29, 0.717) is 0 Å². The zero-order chi connectivity index (χ0) is 13.8. The standard InChI is InChI=1S/C14H22BrNO2/c1-14(2,10-17)9-16(3)8-11-7-12(15)5-6-13(11)18-4/h5-7,17H,8-10H2,1-4H3. The number of ether oxygens (including phenoxy) is 1. The van der Waals surface area contributed by atoms with Crippen LogP contribution in [0.4, 0.5) is 0 Å². The number of halogens is 1. The van der Waals surface area contributed by atoms with Crippen molar-refractivity contribution in [1.82, 2.24) is 4.90 Å². The molecule has 0 fully saturated rings. The first-order valence-electron chi connectivity index (χ1n) is 6.00. The molecule has 0 unspecified atom stereocenters. The van der Waals surface area contributed by atoms with E-state index in [-0.39, 0.29) is 12.0 Å². The lowest BCUT2D eigenvalue weighted by Gasteiger charge is -2.28. The number of rotatable bonds is 6. The third-order valence-corrected chi connectivity index (χ3v) is 3.30. The van der Waals surface area contributed by atoms with Gasteiger partial charge in [0, 0.05) is 35.1 Å². The molecular weight excluding hydrogens is 294 g/mol. The van der Waals surface area contributed by atoms with E-state index in [4.69, 9.17) is 4.74 Å². The predicted molar refractivity (Wildman–Crippen MR) is 77.9 cm³/mol. The van der Waals surface area contributed by atoms with Crippen molar-refractivity contribution < 1.29 is 9.84 Å². The summed E-state index contributed by atoms with van der Waals surface area (Å²) < 4.78 is 6.41. The maximum Gasteiger partial charge on any atom is 0.123 e. The molecule has 3 nitrogen and oxygen atoms in total. The van der Waals surface area contributed by atoms with Crippen LogP contribution in [-0.4, -0.2) is 37.3 Å². The van der Waals surface area contributed by atoms with Gasteiger partial charge in [0.1, 0.15) is 5.75 Å². The van der Waals surface area contributed by atoms with Gasteiger partial charge in [0.2, 0.25) is 0 Å². The van der Waals surface area contributed by atoms with Crippen LogP contribution in [0.15, 0.2) is 22.7 Å². The largest absolute Gasteiger partial charge is 0.496 e. The zero-order valence-electron chi connectivity index (χ0n) is 11.5. The fraction of sp³-hybridized carbons (Fsp3) is 0.571. The van der Waals surface area contributed by atoms with Gasteiger partial charge in [-0.1, -0.05) is 29.8 Å². The fourth-order valence-corrected chi connectivity index (χ4v) is 2.41. The van der Waals surface area contributed by atoms with E-state index >= 15 is 0 Å². The molecule has 0 heterocycles. The Kier molecular flexibility index (Phi) is 5.63. The SMILES string of the molecule is COc1ccc(Br)cc1CN(C)CC(C)(C)CO. The topological polar surface area (TPSA) is 32.7 Å². The predicted octanol–water partition coefficient (Wildman–Crippen LogP) is 2.91. The minimum atomic E-state index is -0.0893. The highest BCUT2D eigenvalue weighted by Gasteiger charge is 2.19. The molecule has 0 saturated carbocycles. The summed E-state index contributed by atoms with van der Waals surface area (Å²) in [7, 11) is 3.74. The molecule has 0 amide bonds. The number of methoxy groups -OCH3 is 1. The molecule has 0 aromatic heterocycles.